The van der Waals surface area contributed by atoms with Crippen molar-refractivity contribution in [1.29, 1.82) is 0 Å². The molecule has 180 valence electrons. The molecule has 5 N–H and O–H groups in total. The van der Waals surface area contributed by atoms with Gasteiger partial charge < -0.3 is 25.7 Å². The van der Waals surface area contributed by atoms with Gasteiger partial charge >= 0.3 is 6.09 Å². The van der Waals surface area contributed by atoms with E-state index in [1.165, 1.54) is 0 Å². The first-order chi connectivity index (χ1) is 16.1. The van der Waals surface area contributed by atoms with E-state index in [0.717, 1.165) is 22.8 Å². The lowest BCUT2D eigenvalue weighted by atomic mass is 10.00. The first-order valence-corrected chi connectivity index (χ1v) is 11.1. The Morgan fingerprint density at radius 1 is 1.24 bits per heavy atom. The highest BCUT2D eigenvalue weighted by molar-refractivity contribution is 5.75. The summed E-state index contributed by atoms with van der Waals surface area (Å²) in [4.78, 5) is 22.7. The van der Waals surface area contributed by atoms with Gasteiger partial charge in [-0.25, -0.2) is 20.6 Å². The highest BCUT2D eigenvalue weighted by Gasteiger charge is 2.34. The van der Waals surface area contributed by atoms with Gasteiger partial charge in [-0.15, -0.1) is 0 Å². The Bertz CT molecular complexity index is 1170. The minimum atomic E-state index is -0.503. The van der Waals surface area contributed by atoms with Gasteiger partial charge in [0, 0.05) is 50.4 Å². The van der Waals surface area contributed by atoms with Crippen LogP contribution >= 0.6 is 0 Å². The number of ether oxygens (including phenoxy) is 1. The van der Waals surface area contributed by atoms with Crippen molar-refractivity contribution in [3.05, 3.63) is 42.7 Å². The molecular formula is C23H31N9O2. The minimum Gasteiger partial charge on any atom is -0.444 e. The molecule has 34 heavy (non-hydrogen) atoms. The van der Waals surface area contributed by atoms with Gasteiger partial charge in [0.15, 0.2) is 0 Å². The number of nitrogens with zero attached hydrogens (tertiary/aromatic N) is 6. The topological polar surface area (TPSA) is 140 Å². The summed E-state index contributed by atoms with van der Waals surface area (Å²) in [6.45, 7) is 7.36. The van der Waals surface area contributed by atoms with Crippen LogP contribution in [0.5, 0.6) is 0 Å². The van der Waals surface area contributed by atoms with Crippen LogP contribution in [0, 0.1) is 5.92 Å². The lowest BCUT2D eigenvalue weighted by Gasteiger charge is -2.41. The number of nitrogen functional groups attached to an aromatic ring is 1. The van der Waals surface area contributed by atoms with E-state index in [4.69, 9.17) is 16.3 Å². The Morgan fingerprint density at radius 3 is 2.65 bits per heavy atom. The maximum absolute atomic E-state index is 12.1. The van der Waals surface area contributed by atoms with Gasteiger partial charge in [0.25, 0.3) is 0 Å². The molecule has 0 atom stereocenters. The molecule has 2 aromatic heterocycles. The number of rotatable bonds is 6. The number of benzene rings is 1. The van der Waals surface area contributed by atoms with Gasteiger partial charge in [-0.3, -0.25) is 4.68 Å². The fraction of sp³-hybridized carbons (Fsp3) is 0.391. The van der Waals surface area contributed by atoms with Gasteiger partial charge in [-0.1, -0.05) is 6.07 Å². The van der Waals surface area contributed by atoms with Crippen molar-refractivity contribution in [1.82, 2.24) is 24.6 Å². The molecule has 0 aliphatic carbocycles. The normalized spacial score (nSPS) is 14.0. The van der Waals surface area contributed by atoms with E-state index >= 15 is 0 Å². The molecule has 1 aliphatic heterocycles. The monoisotopic (exact) mass is 465 g/mol. The number of carbonyl (C=O) groups excluding carboxylic acids is 1. The van der Waals surface area contributed by atoms with Crippen molar-refractivity contribution in [2.45, 2.75) is 26.4 Å². The van der Waals surface area contributed by atoms with Crippen LogP contribution in [0.15, 0.2) is 42.7 Å². The van der Waals surface area contributed by atoms with Crippen LogP contribution in [-0.4, -0.2) is 56.0 Å². The summed E-state index contributed by atoms with van der Waals surface area (Å²) in [6.07, 6.45) is 3.09. The predicted molar refractivity (Wildman–Crippen MR) is 131 cm³/mol. The number of carbonyl (C=O) groups is 1. The Kier molecular flexibility index (Phi) is 6.29. The van der Waals surface area contributed by atoms with Crippen molar-refractivity contribution in [2.24, 2.45) is 18.8 Å². The Balaban J connectivity index is 1.38. The van der Waals surface area contributed by atoms with Crippen molar-refractivity contribution in [2.75, 3.05) is 35.7 Å². The highest BCUT2D eigenvalue weighted by atomic mass is 16.6. The number of anilines is 4. The fourth-order valence-electron chi connectivity index (χ4n) is 3.70. The molecule has 0 spiro atoms. The number of hydrogen-bond acceptors (Lipinski definition) is 9. The Morgan fingerprint density at radius 2 is 2.00 bits per heavy atom. The molecule has 1 amide bonds. The molecule has 1 fully saturated rings. The molecule has 3 aromatic rings. The number of hydrogen-bond donors (Lipinski definition) is 3. The van der Waals surface area contributed by atoms with Crippen molar-refractivity contribution >= 4 is 29.2 Å². The summed E-state index contributed by atoms with van der Waals surface area (Å²) in [5.41, 5.74) is 8.68. The Labute approximate surface area is 198 Å². The third kappa shape index (κ3) is 5.37. The molecule has 4 rings (SSSR count). The van der Waals surface area contributed by atoms with Crippen molar-refractivity contribution in [3.63, 3.8) is 0 Å². The first-order valence-electron chi connectivity index (χ1n) is 11.1. The standard InChI is InChI=1S/C23H31N9O2/c1-23(2,3)34-22(33)31-12-15(13-31)14-32(25)19-6-5-16(11-17(19)24)18-7-9-26-21(28-18)29-20-8-10-27-30(20)4/h5-11,15H,12-14,24-25H2,1-4H3,(H,26,28,29). The Hall–Kier alpha value is -3.86. The predicted octanol–water partition coefficient (Wildman–Crippen LogP) is 2.75. The zero-order valence-electron chi connectivity index (χ0n) is 19.9. The summed E-state index contributed by atoms with van der Waals surface area (Å²) in [7, 11) is 1.84. The zero-order chi connectivity index (χ0) is 24.5. The maximum Gasteiger partial charge on any atom is 0.410 e. The number of aryl methyl sites for hydroxylation is 1. The molecule has 0 saturated carbocycles. The van der Waals surface area contributed by atoms with E-state index in [1.807, 2.05) is 58.2 Å². The fourth-order valence-corrected chi connectivity index (χ4v) is 3.70. The minimum absolute atomic E-state index is 0.249. The number of aromatic nitrogens is 4. The average Bonchev–Trinajstić information content (AvgIpc) is 3.13. The van der Waals surface area contributed by atoms with Crippen molar-refractivity contribution in [3.8, 4) is 11.3 Å². The number of nitrogens with one attached hydrogen (secondary N) is 1. The summed E-state index contributed by atoms with van der Waals surface area (Å²) in [6, 6.07) is 9.32. The smallest absolute Gasteiger partial charge is 0.410 e. The van der Waals surface area contributed by atoms with E-state index in [2.05, 4.69) is 20.4 Å². The number of nitrogens with two attached hydrogens (primary N) is 2. The second-order valence-corrected chi connectivity index (χ2v) is 9.41. The van der Waals surface area contributed by atoms with Gasteiger partial charge in [0.05, 0.1) is 23.3 Å². The van der Waals surface area contributed by atoms with Crippen LogP contribution in [0.3, 0.4) is 0 Å². The lowest BCUT2D eigenvalue weighted by molar-refractivity contribution is 0.0000561. The van der Waals surface area contributed by atoms with Crippen LogP contribution in [0.25, 0.3) is 11.3 Å². The summed E-state index contributed by atoms with van der Waals surface area (Å²) >= 11 is 0. The molecule has 0 radical (unpaired) electrons. The summed E-state index contributed by atoms with van der Waals surface area (Å²) in [5.74, 6) is 7.80. The molecule has 11 heteroatoms. The molecule has 1 saturated heterocycles. The van der Waals surface area contributed by atoms with Crippen LogP contribution in [0.2, 0.25) is 0 Å². The maximum atomic E-state index is 12.1. The third-order valence-electron chi connectivity index (χ3n) is 5.41. The van der Waals surface area contributed by atoms with Gasteiger partial charge in [0.1, 0.15) is 11.4 Å². The van der Waals surface area contributed by atoms with Gasteiger partial charge in [-0.05, 0) is 39.0 Å². The van der Waals surface area contributed by atoms with E-state index in [-0.39, 0.29) is 12.0 Å². The zero-order valence-corrected chi connectivity index (χ0v) is 19.9. The van der Waals surface area contributed by atoms with Crippen LogP contribution in [-0.2, 0) is 11.8 Å². The molecule has 1 aromatic carbocycles. The molecule has 0 unspecified atom stereocenters. The molecular weight excluding hydrogens is 434 g/mol. The van der Waals surface area contributed by atoms with Crippen LogP contribution < -0.4 is 21.9 Å². The van der Waals surface area contributed by atoms with Gasteiger partial charge in [0.2, 0.25) is 5.95 Å². The van der Waals surface area contributed by atoms with Crippen LogP contribution in [0.1, 0.15) is 20.8 Å². The molecule has 3 heterocycles. The second-order valence-electron chi connectivity index (χ2n) is 9.41. The third-order valence-corrected chi connectivity index (χ3v) is 5.41. The largest absolute Gasteiger partial charge is 0.444 e. The lowest BCUT2D eigenvalue weighted by Crippen LogP contribution is -2.56. The quantitative estimate of drug-likeness (QED) is 0.285. The van der Waals surface area contributed by atoms with E-state index < -0.39 is 5.60 Å². The SMILES string of the molecule is Cn1nccc1Nc1nccc(-c2ccc(N(N)CC3CN(C(=O)OC(C)(C)C)C3)c(N)c2)n1. The number of amides is 1. The molecule has 11 nitrogen and oxygen atoms in total. The highest BCUT2D eigenvalue weighted by Crippen LogP contribution is 2.29. The van der Waals surface area contributed by atoms with E-state index in [1.54, 1.807) is 27.0 Å². The van der Waals surface area contributed by atoms with Gasteiger partial charge in [-0.2, -0.15) is 5.10 Å². The second kappa shape index (κ2) is 9.18. The van der Waals surface area contributed by atoms with E-state index in [0.29, 0.717) is 31.3 Å². The molecule has 0 bridgehead atoms. The number of likely N-dealkylation sites (tertiary alicyclic amines) is 1. The van der Waals surface area contributed by atoms with E-state index in [9.17, 15) is 4.79 Å². The molecule has 1 aliphatic rings. The van der Waals surface area contributed by atoms with Crippen molar-refractivity contribution < 1.29 is 9.53 Å². The summed E-state index contributed by atoms with van der Waals surface area (Å²) < 4.78 is 7.10. The average molecular weight is 466 g/mol. The van der Waals surface area contributed by atoms with Crippen LogP contribution in [0.4, 0.5) is 27.9 Å². The first kappa shape index (κ1) is 23.3. The number of hydrazine groups is 1. The summed E-state index contributed by atoms with van der Waals surface area (Å²) in [5, 5.41) is 8.91.